The Bertz CT molecular complexity index is 424. The van der Waals surface area contributed by atoms with Gasteiger partial charge in [0.15, 0.2) is 0 Å². The van der Waals surface area contributed by atoms with Gasteiger partial charge in [-0.3, -0.25) is 4.79 Å². The molecule has 0 aliphatic carbocycles. The quantitative estimate of drug-likeness (QED) is 0.825. The Morgan fingerprint density at radius 1 is 1.41 bits per heavy atom. The van der Waals surface area contributed by atoms with E-state index in [2.05, 4.69) is 20.8 Å². The van der Waals surface area contributed by atoms with Crippen LogP contribution in [0.3, 0.4) is 0 Å². The van der Waals surface area contributed by atoms with Crippen LogP contribution in [0.4, 0.5) is 5.69 Å². The highest BCUT2D eigenvalue weighted by Gasteiger charge is 2.20. The Labute approximate surface area is 108 Å². The number of para-hydroxylation sites is 1. The van der Waals surface area contributed by atoms with Crippen molar-refractivity contribution >= 4 is 23.2 Å². The van der Waals surface area contributed by atoms with E-state index in [1.54, 1.807) is 30.1 Å². The van der Waals surface area contributed by atoms with Crippen LogP contribution < -0.4 is 5.73 Å². The summed E-state index contributed by atoms with van der Waals surface area (Å²) in [4.78, 5) is 13.9. The second kappa shape index (κ2) is 4.96. The molecule has 0 saturated heterocycles. The van der Waals surface area contributed by atoms with E-state index in [0.717, 1.165) is 0 Å². The lowest BCUT2D eigenvalue weighted by molar-refractivity contribution is 0.0746. The van der Waals surface area contributed by atoms with Crippen LogP contribution in [-0.2, 0) is 0 Å². The van der Waals surface area contributed by atoms with Crippen molar-refractivity contribution in [2.75, 3.05) is 19.3 Å². The molecule has 1 rings (SSSR count). The summed E-state index contributed by atoms with van der Waals surface area (Å²) >= 11 is 5.90. The first kappa shape index (κ1) is 13.8. The van der Waals surface area contributed by atoms with Crippen LogP contribution in [0, 0.1) is 5.41 Å². The van der Waals surface area contributed by atoms with E-state index in [9.17, 15) is 4.79 Å². The number of carbonyl (C=O) groups excluding carboxylic acids is 1. The average molecular weight is 255 g/mol. The minimum Gasteiger partial charge on any atom is -0.397 e. The van der Waals surface area contributed by atoms with Crippen LogP contribution in [-0.4, -0.2) is 24.4 Å². The van der Waals surface area contributed by atoms with Crippen LogP contribution in [0.25, 0.3) is 0 Å². The highest BCUT2D eigenvalue weighted by molar-refractivity contribution is 6.33. The molecule has 2 N–H and O–H groups in total. The van der Waals surface area contributed by atoms with Crippen LogP contribution in [0.5, 0.6) is 0 Å². The number of nitrogens with two attached hydrogens (primary N) is 1. The Kier molecular flexibility index (Phi) is 4.04. The first-order valence-electron chi connectivity index (χ1n) is 5.52. The summed E-state index contributed by atoms with van der Waals surface area (Å²) in [6.07, 6.45) is 0. The zero-order chi connectivity index (χ0) is 13.2. The molecule has 0 unspecified atom stereocenters. The summed E-state index contributed by atoms with van der Waals surface area (Å²) in [6, 6.07) is 5.11. The molecule has 0 aliphatic heterocycles. The molecule has 0 fully saturated rings. The number of hydrogen-bond donors (Lipinski definition) is 1. The monoisotopic (exact) mass is 254 g/mol. The predicted octanol–water partition coefficient (Wildman–Crippen LogP) is 3.04. The number of nitrogen functional groups attached to an aromatic ring is 1. The highest BCUT2D eigenvalue weighted by Crippen LogP contribution is 2.24. The Balaban J connectivity index is 2.93. The van der Waals surface area contributed by atoms with Crippen molar-refractivity contribution < 1.29 is 4.79 Å². The third-order valence-corrected chi connectivity index (χ3v) is 2.67. The standard InChI is InChI=1S/C13H19ClN2O/c1-13(2,3)8-16(4)12(17)9-6-5-7-10(14)11(9)15/h5-7H,8,15H2,1-4H3. The Morgan fingerprint density at radius 2 is 2.00 bits per heavy atom. The van der Waals surface area contributed by atoms with Gasteiger partial charge in [0, 0.05) is 13.6 Å². The number of nitrogens with zero attached hydrogens (tertiary/aromatic N) is 1. The summed E-state index contributed by atoms with van der Waals surface area (Å²) in [5, 5.41) is 0.417. The average Bonchev–Trinajstić information content (AvgIpc) is 2.18. The molecule has 0 aliphatic rings. The second-order valence-corrected chi connectivity index (χ2v) is 5.83. The number of hydrogen-bond acceptors (Lipinski definition) is 2. The largest absolute Gasteiger partial charge is 0.397 e. The van der Waals surface area contributed by atoms with Gasteiger partial charge in [-0.05, 0) is 17.5 Å². The third kappa shape index (κ3) is 3.63. The molecular formula is C13H19ClN2O. The second-order valence-electron chi connectivity index (χ2n) is 5.42. The van der Waals surface area contributed by atoms with Gasteiger partial charge in [0.2, 0.25) is 0 Å². The van der Waals surface area contributed by atoms with E-state index in [-0.39, 0.29) is 11.3 Å². The van der Waals surface area contributed by atoms with E-state index in [1.807, 2.05) is 0 Å². The molecule has 0 saturated carbocycles. The molecule has 0 aromatic heterocycles. The van der Waals surface area contributed by atoms with Crippen LogP contribution in [0.1, 0.15) is 31.1 Å². The maximum absolute atomic E-state index is 12.2. The summed E-state index contributed by atoms with van der Waals surface area (Å²) in [6.45, 7) is 6.91. The summed E-state index contributed by atoms with van der Waals surface area (Å²) in [7, 11) is 1.77. The number of carbonyl (C=O) groups is 1. The van der Waals surface area contributed by atoms with Crippen molar-refractivity contribution in [1.29, 1.82) is 0 Å². The lowest BCUT2D eigenvalue weighted by Crippen LogP contribution is -2.34. The molecule has 4 heteroatoms. The zero-order valence-electron chi connectivity index (χ0n) is 10.7. The van der Waals surface area contributed by atoms with Crippen LogP contribution >= 0.6 is 11.6 Å². The smallest absolute Gasteiger partial charge is 0.255 e. The fourth-order valence-electron chi connectivity index (χ4n) is 1.71. The van der Waals surface area contributed by atoms with Gasteiger partial charge in [-0.2, -0.15) is 0 Å². The van der Waals surface area contributed by atoms with Crippen molar-refractivity contribution in [3.8, 4) is 0 Å². The molecule has 0 spiro atoms. The van der Waals surface area contributed by atoms with Gasteiger partial charge in [-0.25, -0.2) is 0 Å². The first-order valence-corrected chi connectivity index (χ1v) is 5.89. The Hall–Kier alpha value is -1.22. The maximum atomic E-state index is 12.2. The van der Waals surface area contributed by atoms with Gasteiger partial charge >= 0.3 is 0 Å². The van der Waals surface area contributed by atoms with E-state index >= 15 is 0 Å². The third-order valence-electron chi connectivity index (χ3n) is 2.34. The highest BCUT2D eigenvalue weighted by atomic mass is 35.5. The van der Waals surface area contributed by atoms with Crippen LogP contribution in [0.15, 0.2) is 18.2 Å². The molecule has 1 aromatic carbocycles. The summed E-state index contributed by atoms with van der Waals surface area (Å²) < 4.78 is 0. The molecule has 1 amide bonds. The van der Waals surface area contributed by atoms with Gasteiger partial charge in [0.25, 0.3) is 5.91 Å². The topological polar surface area (TPSA) is 46.3 Å². The molecule has 0 atom stereocenters. The minimum atomic E-state index is -0.0973. The summed E-state index contributed by atoms with van der Waals surface area (Å²) in [5.74, 6) is -0.0973. The van der Waals surface area contributed by atoms with E-state index in [1.165, 1.54) is 0 Å². The van der Waals surface area contributed by atoms with E-state index < -0.39 is 0 Å². The minimum absolute atomic E-state index is 0.0533. The molecule has 0 radical (unpaired) electrons. The molecule has 17 heavy (non-hydrogen) atoms. The van der Waals surface area contributed by atoms with Crippen molar-refractivity contribution in [2.45, 2.75) is 20.8 Å². The first-order chi connectivity index (χ1) is 7.72. The number of anilines is 1. The molecule has 3 nitrogen and oxygen atoms in total. The van der Waals surface area contributed by atoms with Crippen molar-refractivity contribution in [2.24, 2.45) is 5.41 Å². The summed E-state index contributed by atoms with van der Waals surface area (Å²) in [5.41, 5.74) is 6.67. The normalized spacial score (nSPS) is 11.4. The number of amides is 1. The molecule has 1 aromatic rings. The van der Waals surface area contributed by atoms with Gasteiger partial charge in [-0.15, -0.1) is 0 Å². The number of benzene rings is 1. The Morgan fingerprint density at radius 3 is 2.53 bits per heavy atom. The molecule has 0 heterocycles. The lowest BCUT2D eigenvalue weighted by Gasteiger charge is -2.27. The lowest BCUT2D eigenvalue weighted by atomic mass is 9.96. The SMILES string of the molecule is CN(CC(C)(C)C)C(=O)c1cccc(Cl)c1N. The van der Waals surface area contributed by atoms with Gasteiger partial charge < -0.3 is 10.6 Å². The van der Waals surface area contributed by atoms with E-state index in [4.69, 9.17) is 17.3 Å². The van der Waals surface area contributed by atoms with Gasteiger partial charge in [0.1, 0.15) is 0 Å². The molecular weight excluding hydrogens is 236 g/mol. The fourth-order valence-corrected chi connectivity index (χ4v) is 1.89. The van der Waals surface area contributed by atoms with Crippen molar-refractivity contribution in [3.63, 3.8) is 0 Å². The predicted molar refractivity (Wildman–Crippen MR) is 72.3 cm³/mol. The van der Waals surface area contributed by atoms with Crippen molar-refractivity contribution in [1.82, 2.24) is 4.90 Å². The van der Waals surface area contributed by atoms with Crippen molar-refractivity contribution in [3.05, 3.63) is 28.8 Å². The molecule has 0 bridgehead atoms. The molecule has 94 valence electrons. The maximum Gasteiger partial charge on any atom is 0.255 e. The van der Waals surface area contributed by atoms with E-state index in [0.29, 0.717) is 22.8 Å². The fraction of sp³-hybridized carbons (Fsp3) is 0.462. The van der Waals surface area contributed by atoms with Gasteiger partial charge in [-0.1, -0.05) is 38.4 Å². The zero-order valence-corrected chi connectivity index (χ0v) is 11.5. The number of halogens is 1. The van der Waals surface area contributed by atoms with Gasteiger partial charge in [0.05, 0.1) is 16.3 Å². The number of rotatable bonds is 2. The van der Waals surface area contributed by atoms with Crippen LogP contribution in [0.2, 0.25) is 5.02 Å².